The van der Waals surface area contributed by atoms with E-state index in [1.54, 1.807) is 12.1 Å². The van der Waals surface area contributed by atoms with Gasteiger partial charge in [-0.3, -0.25) is 4.79 Å². The van der Waals surface area contributed by atoms with E-state index in [2.05, 4.69) is 0 Å². The molecule has 0 amide bonds. The molecule has 0 spiro atoms. The number of Topliss-reactive ketones (excluding diaryl/α,β-unsaturated/α-hetero) is 1. The van der Waals surface area contributed by atoms with Crippen molar-refractivity contribution in [3.63, 3.8) is 0 Å². The van der Waals surface area contributed by atoms with Crippen LogP contribution in [0.1, 0.15) is 17.3 Å². The zero-order chi connectivity index (χ0) is 17.3. The van der Waals surface area contributed by atoms with E-state index in [4.69, 9.17) is 8.60 Å². The number of fused-ring (bicyclic) bond motifs is 1. The molecule has 24 heavy (non-hydrogen) atoms. The molecular formula is C17H12O6S. The van der Waals surface area contributed by atoms with Crippen molar-refractivity contribution in [1.29, 1.82) is 0 Å². The van der Waals surface area contributed by atoms with Gasteiger partial charge in [-0.1, -0.05) is 12.1 Å². The fourth-order valence-corrected chi connectivity index (χ4v) is 3.05. The van der Waals surface area contributed by atoms with Crippen molar-refractivity contribution in [2.45, 2.75) is 11.8 Å². The molecule has 0 fully saturated rings. The summed E-state index contributed by atoms with van der Waals surface area (Å²) in [6.45, 7) is 1.39. The number of ketones is 1. The SMILES string of the molecule is CC(=O)c1ccc(S(=O)(=O)Oc2ccc3ccc(=O)oc3c2)cc1. The van der Waals surface area contributed by atoms with Crippen LogP contribution in [0, 0.1) is 0 Å². The maximum absolute atomic E-state index is 12.3. The number of carbonyl (C=O) groups excluding carboxylic acids is 1. The number of carbonyl (C=O) groups is 1. The van der Waals surface area contributed by atoms with Gasteiger partial charge in [0.05, 0.1) is 0 Å². The second kappa shape index (κ2) is 5.93. The quantitative estimate of drug-likeness (QED) is 0.411. The first-order valence-corrected chi connectivity index (χ1v) is 8.35. The molecule has 0 atom stereocenters. The molecule has 0 saturated heterocycles. The van der Waals surface area contributed by atoms with Gasteiger partial charge < -0.3 is 8.60 Å². The van der Waals surface area contributed by atoms with Crippen LogP contribution in [-0.2, 0) is 10.1 Å². The number of hydrogen-bond donors (Lipinski definition) is 0. The van der Waals surface area contributed by atoms with Crippen molar-refractivity contribution in [3.05, 3.63) is 70.6 Å². The second-order valence-electron chi connectivity index (χ2n) is 5.07. The van der Waals surface area contributed by atoms with E-state index >= 15 is 0 Å². The van der Waals surface area contributed by atoms with Crippen LogP contribution in [0.2, 0.25) is 0 Å². The molecular weight excluding hydrogens is 332 g/mol. The molecule has 6 nitrogen and oxygen atoms in total. The number of rotatable bonds is 4. The van der Waals surface area contributed by atoms with E-state index in [1.807, 2.05) is 0 Å². The van der Waals surface area contributed by atoms with Crippen LogP contribution >= 0.6 is 0 Å². The summed E-state index contributed by atoms with van der Waals surface area (Å²) in [6, 6.07) is 12.6. The smallest absolute Gasteiger partial charge is 0.339 e. The molecule has 0 bridgehead atoms. The molecule has 7 heteroatoms. The van der Waals surface area contributed by atoms with Crippen LogP contribution < -0.4 is 9.81 Å². The normalized spacial score (nSPS) is 11.4. The third-order valence-electron chi connectivity index (χ3n) is 3.35. The molecule has 0 N–H and O–H groups in total. The molecule has 0 aliphatic heterocycles. The van der Waals surface area contributed by atoms with E-state index in [0.717, 1.165) is 0 Å². The zero-order valence-electron chi connectivity index (χ0n) is 12.6. The summed E-state index contributed by atoms with van der Waals surface area (Å²) in [5.41, 5.74) is 0.0888. The van der Waals surface area contributed by atoms with Gasteiger partial charge in [-0.15, -0.1) is 0 Å². The standard InChI is InChI=1S/C17H12O6S/c1-11(18)12-3-7-15(8-4-12)24(20,21)23-14-6-2-13-5-9-17(19)22-16(13)10-14/h2-10H,1H3. The lowest BCUT2D eigenvalue weighted by Gasteiger charge is -2.08. The van der Waals surface area contributed by atoms with Crippen molar-refractivity contribution >= 4 is 26.9 Å². The second-order valence-corrected chi connectivity index (χ2v) is 6.62. The zero-order valence-corrected chi connectivity index (χ0v) is 13.4. The lowest BCUT2D eigenvalue weighted by atomic mass is 10.2. The summed E-state index contributed by atoms with van der Waals surface area (Å²) in [4.78, 5) is 22.4. The largest absolute Gasteiger partial charge is 0.423 e. The Hall–Kier alpha value is -2.93. The van der Waals surface area contributed by atoms with Gasteiger partial charge >= 0.3 is 15.7 Å². The van der Waals surface area contributed by atoms with E-state index in [-0.39, 0.29) is 22.0 Å². The topological polar surface area (TPSA) is 90.6 Å². The van der Waals surface area contributed by atoms with E-state index in [1.165, 1.54) is 49.4 Å². The fourth-order valence-electron chi connectivity index (χ4n) is 2.12. The lowest BCUT2D eigenvalue weighted by molar-refractivity contribution is 0.101. The van der Waals surface area contributed by atoms with Crippen LogP contribution in [0.5, 0.6) is 5.75 Å². The average molecular weight is 344 g/mol. The molecule has 0 aliphatic carbocycles. The molecule has 3 rings (SSSR count). The average Bonchev–Trinajstić information content (AvgIpc) is 2.54. The van der Waals surface area contributed by atoms with Crippen molar-refractivity contribution in [2.75, 3.05) is 0 Å². The maximum Gasteiger partial charge on any atom is 0.339 e. The van der Waals surface area contributed by atoms with Crippen LogP contribution in [0.25, 0.3) is 11.0 Å². The highest BCUT2D eigenvalue weighted by molar-refractivity contribution is 7.87. The fraction of sp³-hybridized carbons (Fsp3) is 0.0588. The minimum absolute atomic E-state index is 0.0208. The third-order valence-corrected chi connectivity index (χ3v) is 4.61. The van der Waals surface area contributed by atoms with Crippen molar-refractivity contribution < 1.29 is 21.8 Å². The van der Waals surface area contributed by atoms with Gasteiger partial charge in [0.25, 0.3) is 0 Å². The first-order chi connectivity index (χ1) is 11.3. The summed E-state index contributed by atoms with van der Waals surface area (Å²) < 4.78 is 34.6. The highest BCUT2D eigenvalue weighted by Gasteiger charge is 2.17. The van der Waals surface area contributed by atoms with E-state index < -0.39 is 15.7 Å². The lowest BCUT2D eigenvalue weighted by Crippen LogP contribution is -2.10. The Morgan fingerprint density at radius 3 is 2.33 bits per heavy atom. The van der Waals surface area contributed by atoms with E-state index in [0.29, 0.717) is 10.9 Å². The molecule has 0 unspecified atom stereocenters. The van der Waals surface area contributed by atoms with Crippen LogP contribution in [0.4, 0.5) is 0 Å². The summed E-state index contributed by atoms with van der Waals surface area (Å²) >= 11 is 0. The molecule has 0 aliphatic rings. The summed E-state index contributed by atoms with van der Waals surface area (Å²) in [7, 11) is -4.07. The predicted molar refractivity (Wildman–Crippen MR) is 86.7 cm³/mol. The van der Waals surface area contributed by atoms with Crippen LogP contribution in [0.15, 0.2) is 68.7 Å². The Morgan fingerprint density at radius 2 is 1.67 bits per heavy atom. The minimum atomic E-state index is -4.07. The summed E-state index contributed by atoms with van der Waals surface area (Å²) in [5.74, 6) is -0.142. The summed E-state index contributed by atoms with van der Waals surface area (Å²) in [6.07, 6.45) is 0. The Labute approximate surface area is 137 Å². The van der Waals surface area contributed by atoms with Gasteiger partial charge in [0.15, 0.2) is 5.78 Å². The van der Waals surface area contributed by atoms with Gasteiger partial charge in [-0.25, -0.2) is 4.79 Å². The molecule has 3 aromatic rings. The monoisotopic (exact) mass is 344 g/mol. The summed E-state index contributed by atoms with van der Waals surface area (Å²) in [5, 5.41) is 0.644. The molecule has 1 heterocycles. The van der Waals surface area contributed by atoms with E-state index in [9.17, 15) is 18.0 Å². The first-order valence-electron chi connectivity index (χ1n) is 6.94. The van der Waals surface area contributed by atoms with Gasteiger partial charge in [0.2, 0.25) is 0 Å². The Bertz CT molecular complexity index is 1080. The molecule has 0 saturated carbocycles. The third kappa shape index (κ3) is 3.21. The number of benzene rings is 2. The first kappa shape index (κ1) is 15.9. The van der Waals surface area contributed by atoms with Crippen LogP contribution in [-0.4, -0.2) is 14.2 Å². The maximum atomic E-state index is 12.3. The molecule has 0 radical (unpaired) electrons. The number of hydrogen-bond acceptors (Lipinski definition) is 6. The highest BCUT2D eigenvalue weighted by atomic mass is 32.2. The van der Waals surface area contributed by atoms with Crippen molar-refractivity contribution in [1.82, 2.24) is 0 Å². The Kier molecular flexibility index (Phi) is 3.94. The minimum Gasteiger partial charge on any atom is -0.423 e. The van der Waals surface area contributed by atoms with Gasteiger partial charge in [-0.2, -0.15) is 8.42 Å². The van der Waals surface area contributed by atoms with Gasteiger partial charge in [-0.05, 0) is 37.3 Å². The molecule has 122 valence electrons. The molecule has 2 aromatic carbocycles. The van der Waals surface area contributed by atoms with Crippen molar-refractivity contribution in [2.24, 2.45) is 0 Å². The predicted octanol–water partition coefficient (Wildman–Crippen LogP) is 2.76. The Balaban J connectivity index is 1.93. The highest BCUT2D eigenvalue weighted by Crippen LogP contribution is 2.23. The van der Waals surface area contributed by atoms with Gasteiger partial charge in [0, 0.05) is 23.1 Å². The molecule has 1 aromatic heterocycles. The van der Waals surface area contributed by atoms with Gasteiger partial charge in [0.1, 0.15) is 16.2 Å². The van der Waals surface area contributed by atoms with Crippen molar-refractivity contribution in [3.8, 4) is 5.75 Å². The Morgan fingerprint density at radius 1 is 1.00 bits per heavy atom. The van der Waals surface area contributed by atoms with Crippen LogP contribution in [0.3, 0.4) is 0 Å².